The van der Waals surface area contributed by atoms with Gasteiger partial charge in [0.25, 0.3) is 0 Å². The highest BCUT2D eigenvalue weighted by Crippen LogP contribution is 2.59. The predicted octanol–water partition coefficient (Wildman–Crippen LogP) is 34.1. The summed E-state index contributed by atoms with van der Waals surface area (Å²) in [7, 11) is 0. The molecule has 0 aromatic rings. The summed E-state index contributed by atoms with van der Waals surface area (Å²) in [6.45, 7) is 84.3. The molecule has 0 amide bonds. The van der Waals surface area contributed by atoms with Gasteiger partial charge in [0.1, 0.15) is 0 Å². The average Bonchev–Trinajstić information content (AvgIpc) is 1.38. The van der Waals surface area contributed by atoms with Gasteiger partial charge in [0.2, 0.25) is 0 Å². The predicted molar refractivity (Wildman–Crippen MR) is 453 cm³/mol. The summed E-state index contributed by atoms with van der Waals surface area (Å²) < 4.78 is 0. The van der Waals surface area contributed by atoms with Crippen LogP contribution in [0.4, 0.5) is 0 Å². The molecule has 6 bridgehead atoms. The summed E-state index contributed by atoms with van der Waals surface area (Å²) in [5.74, 6) is 17.5. The summed E-state index contributed by atoms with van der Waals surface area (Å²) in [6.07, 6.45) is 52.7. The lowest BCUT2D eigenvalue weighted by atomic mass is 9.56. The maximum atomic E-state index is 2.48. The molecule has 594 valence electrons. The van der Waals surface area contributed by atoms with Gasteiger partial charge in [-0.1, -0.05) is 319 Å². The first-order valence-electron chi connectivity index (χ1n) is 45.5. The standard InChI is InChI=1S/2C12H24.2C11H22.3C9H16.3C9H18/c1-10(2)7-11(3,4)9-12(5,6)8-10;1-6-10-7-11(2,3)9-12(4,5)8-10;1-9-6-10(2,3)8-11(4,5)7-9;1-9-10(2,3)7-6-8-11(9,4)5;1-7-5-8-3-4-9(7,2)6-8;1-6-7(2)9-4-3-8(6)5-9;1-2-8-5-7-3-4-9(8)6-7;1-8-4-6-9(2,3)7-5-8;1-8-6-4-5-7-9(8,2)3;1-7-5-4-6-8(2)9(7)3/h7-9H2,1-6H3;10H,6-9H2,1-5H3;2*9H,6-8H2,1-5H3;7-8H,3-6H2,1-2H3;6-9H,3-5H2,1-2H3;7-9H,2-6H2,1H3;2*8H,4-7H2,1-3H3;7-9H,4-6H2,1-3H3/t;;;;7-,8?,9?;6-,7?,8?,9?;;;8-;/m....00..1./s1. The van der Waals surface area contributed by atoms with Gasteiger partial charge in [-0.15, -0.1) is 0 Å². The van der Waals surface area contributed by atoms with E-state index >= 15 is 0 Å². The van der Waals surface area contributed by atoms with Gasteiger partial charge in [-0.25, -0.2) is 0 Å². The van der Waals surface area contributed by atoms with Gasteiger partial charge < -0.3 is 0 Å². The van der Waals surface area contributed by atoms with Crippen LogP contribution in [0.15, 0.2) is 0 Å². The molecular formula is C100H194. The molecule has 0 aliphatic heterocycles. The van der Waals surface area contributed by atoms with Crippen molar-refractivity contribution < 1.29 is 0 Å². The molecule has 0 radical (unpaired) electrons. The third-order valence-corrected chi connectivity index (χ3v) is 32.6. The third kappa shape index (κ3) is 30.8. The van der Waals surface area contributed by atoms with Crippen LogP contribution in [-0.4, -0.2) is 0 Å². The van der Waals surface area contributed by atoms with E-state index in [9.17, 15) is 0 Å². The minimum Gasteiger partial charge on any atom is -0.0651 e. The minimum atomic E-state index is 0.547. The number of hydrogen-bond donors (Lipinski definition) is 0. The van der Waals surface area contributed by atoms with E-state index in [1.54, 1.807) is 32.1 Å². The summed E-state index contributed by atoms with van der Waals surface area (Å²) in [4.78, 5) is 0. The molecule has 0 N–H and O–H groups in total. The third-order valence-electron chi connectivity index (χ3n) is 32.6. The second-order valence-corrected chi connectivity index (χ2v) is 49.3. The molecule has 100 heavy (non-hydrogen) atoms. The largest absolute Gasteiger partial charge is 0.0651 e. The fourth-order valence-electron chi connectivity index (χ4n) is 27.0. The van der Waals surface area contributed by atoms with Crippen molar-refractivity contribution in [3.63, 3.8) is 0 Å². The smallest absolute Gasteiger partial charge is 0.0297 e. The van der Waals surface area contributed by atoms with Crippen LogP contribution in [0.25, 0.3) is 0 Å². The van der Waals surface area contributed by atoms with Crippen molar-refractivity contribution in [1.82, 2.24) is 0 Å². The molecule has 0 saturated heterocycles. The van der Waals surface area contributed by atoms with Crippen LogP contribution in [0.1, 0.15) is 473 Å². The van der Waals surface area contributed by atoms with Gasteiger partial charge in [0.15, 0.2) is 0 Å². The fraction of sp³-hybridized carbons (Fsp3) is 1.00. The molecule has 13 atom stereocenters. The first-order valence-corrected chi connectivity index (χ1v) is 45.5. The summed E-state index contributed by atoms with van der Waals surface area (Å²) in [6, 6.07) is 0. The Labute approximate surface area is 635 Å². The van der Waals surface area contributed by atoms with E-state index in [0.717, 1.165) is 106 Å². The van der Waals surface area contributed by atoms with E-state index in [2.05, 4.69) is 242 Å². The van der Waals surface area contributed by atoms with Crippen LogP contribution < -0.4 is 0 Å². The van der Waals surface area contributed by atoms with E-state index in [4.69, 9.17) is 0 Å². The Morgan fingerprint density at radius 3 is 0.970 bits per heavy atom. The maximum Gasteiger partial charge on any atom is -0.0297 e. The van der Waals surface area contributed by atoms with Crippen molar-refractivity contribution in [2.45, 2.75) is 473 Å². The molecular weight excluding hydrogens is 1200 g/mol. The lowest BCUT2D eigenvalue weighted by Crippen LogP contribution is -2.38. The van der Waals surface area contributed by atoms with E-state index in [-0.39, 0.29) is 0 Å². The second-order valence-electron chi connectivity index (χ2n) is 49.3. The van der Waals surface area contributed by atoms with Gasteiger partial charge in [-0.3, -0.25) is 0 Å². The molecule has 10 unspecified atom stereocenters. The van der Waals surface area contributed by atoms with Crippen LogP contribution >= 0.6 is 0 Å². The number of fused-ring (bicyclic) bond motifs is 6. The van der Waals surface area contributed by atoms with Crippen molar-refractivity contribution in [1.29, 1.82) is 0 Å². The van der Waals surface area contributed by atoms with Crippen molar-refractivity contribution >= 4 is 0 Å². The molecule has 13 aliphatic rings. The molecule has 0 aromatic heterocycles. The lowest BCUT2D eigenvalue weighted by Gasteiger charge is -2.49. The van der Waals surface area contributed by atoms with E-state index in [0.29, 0.717) is 59.6 Å². The minimum absolute atomic E-state index is 0.547. The topological polar surface area (TPSA) is 0 Å². The van der Waals surface area contributed by atoms with Crippen LogP contribution in [0.3, 0.4) is 0 Å². The molecule has 13 aliphatic carbocycles. The van der Waals surface area contributed by atoms with Crippen molar-refractivity contribution in [2.75, 3.05) is 0 Å². The van der Waals surface area contributed by atoms with E-state index < -0.39 is 0 Å². The maximum absolute atomic E-state index is 2.48. The highest BCUT2D eigenvalue weighted by atomic mass is 14.5. The fourth-order valence-corrected chi connectivity index (χ4v) is 27.0. The van der Waals surface area contributed by atoms with Gasteiger partial charge in [0, 0.05) is 0 Å². The Hall–Kier alpha value is 0. The quantitative estimate of drug-likeness (QED) is 0.259. The molecule has 0 heterocycles. The van der Waals surface area contributed by atoms with Crippen molar-refractivity contribution in [3.8, 4) is 0 Å². The Morgan fingerprint density at radius 1 is 0.270 bits per heavy atom. The average molecular weight is 1400 g/mol. The molecule has 13 fully saturated rings. The highest BCUT2D eigenvalue weighted by molar-refractivity contribution is 4.98. The summed E-state index contributed by atoms with van der Waals surface area (Å²) in [5, 5.41) is 0. The Morgan fingerprint density at radius 2 is 0.700 bits per heavy atom. The Balaban J connectivity index is 0.000000236. The highest BCUT2D eigenvalue weighted by Gasteiger charge is 2.48. The van der Waals surface area contributed by atoms with Crippen LogP contribution in [-0.2, 0) is 0 Å². The van der Waals surface area contributed by atoms with Crippen LogP contribution in [0.5, 0.6) is 0 Å². The van der Waals surface area contributed by atoms with E-state index in [1.807, 2.05) is 0 Å². The van der Waals surface area contributed by atoms with Crippen LogP contribution in [0, 0.1) is 166 Å². The first-order chi connectivity index (χ1) is 45.5. The molecule has 0 aromatic carbocycles. The number of rotatable bonds is 2. The Bertz CT molecular complexity index is 2140. The SMILES string of the molecule is CC1(C)CC(C)(C)CC(C)(C)C1.CC1C(C)(C)CCCC1(C)C.CC1C2CCC(C2)[C@H]1C.CC1CC(C)(C)CC(C)(C)C1.CC1CCC(C)(C)CC1.CC1CCCC(C)C1C.CCC1CC(C)(C)CC(C)(C)C1.CCC1CC2CCC1C2.C[C@@H]1CCCCC1(C)C.C[C@H]1CC2CCC1(C)C2. The zero-order valence-electron chi connectivity index (χ0n) is 76.3. The lowest BCUT2D eigenvalue weighted by molar-refractivity contribution is 0.0202. The van der Waals surface area contributed by atoms with Gasteiger partial charge in [-0.2, -0.15) is 0 Å². The zero-order chi connectivity index (χ0) is 76.3. The van der Waals surface area contributed by atoms with E-state index in [1.165, 1.54) is 199 Å². The molecule has 0 spiro atoms. The molecule has 0 nitrogen and oxygen atoms in total. The summed E-state index contributed by atoms with van der Waals surface area (Å²) in [5.41, 5.74) is 7.19. The van der Waals surface area contributed by atoms with Gasteiger partial charge in [-0.05, 0) is 320 Å². The molecule has 13 saturated carbocycles. The Kier molecular flexibility index (Phi) is 34.7. The molecule has 13 rings (SSSR count). The summed E-state index contributed by atoms with van der Waals surface area (Å²) >= 11 is 0. The monoisotopic (exact) mass is 1400 g/mol. The molecule has 0 heteroatoms. The second kappa shape index (κ2) is 37.6. The number of hydrogen-bond acceptors (Lipinski definition) is 0. The normalized spacial score (nSPS) is 38.1. The van der Waals surface area contributed by atoms with Crippen molar-refractivity contribution in [2.24, 2.45) is 166 Å². The van der Waals surface area contributed by atoms with Crippen molar-refractivity contribution in [3.05, 3.63) is 0 Å². The first kappa shape index (κ1) is 92.4. The van der Waals surface area contributed by atoms with Gasteiger partial charge in [0.05, 0.1) is 0 Å². The van der Waals surface area contributed by atoms with Gasteiger partial charge >= 0.3 is 0 Å². The van der Waals surface area contributed by atoms with Crippen LogP contribution in [0.2, 0.25) is 0 Å². The zero-order valence-corrected chi connectivity index (χ0v) is 76.3.